The van der Waals surface area contributed by atoms with Crippen LogP contribution in [-0.2, 0) is 12.8 Å². The van der Waals surface area contributed by atoms with Gasteiger partial charge in [-0.05, 0) is 36.2 Å². The zero-order chi connectivity index (χ0) is 14.8. The molecule has 0 aliphatic heterocycles. The predicted molar refractivity (Wildman–Crippen MR) is 79.0 cm³/mol. The van der Waals surface area contributed by atoms with E-state index in [1.807, 2.05) is 24.3 Å². The number of pyridine rings is 1. The summed E-state index contributed by atoms with van der Waals surface area (Å²) in [5.41, 5.74) is 2.72. The van der Waals surface area contributed by atoms with Gasteiger partial charge in [0.2, 0.25) is 0 Å². The quantitative estimate of drug-likeness (QED) is 0.865. The highest BCUT2D eigenvalue weighted by Crippen LogP contribution is 2.37. The number of methoxy groups -OCH3 is 2. The number of fused-ring (bicyclic) bond motifs is 1. The zero-order valence-corrected chi connectivity index (χ0v) is 12.1. The molecule has 0 saturated carbocycles. The fraction of sp³-hybridized carbons (Fsp3) is 0.294. The summed E-state index contributed by atoms with van der Waals surface area (Å²) < 4.78 is 10.6. The van der Waals surface area contributed by atoms with E-state index in [-0.39, 0.29) is 11.7 Å². The van der Waals surface area contributed by atoms with Crippen molar-refractivity contribution in [3.05, 3.63) is 53.3 Å². The molecular formula is C17H17NO3. The van der Waals surface area contributed by atoms with Crippen LogP contribution in [0.15, 0.2) is 36.5 Å². The van der Waals surface area contributed by atoms with Crippen molar-refractivity contribution in [3.8, 4) is 11.5 Å². The van der Waals surface area contributed by atoms with Gasteiger partial charge >= 0.3 is 0 Å². The maximum Gasteiger partial charge on any atom is 0.167 e. The molecule has 4 heteroatoms. The molecule has 108 valence electrons. The van der Waals surface area contributed by atoms with Gasteiger partial charge in [0, 0.05) is 29.8 Å². The second-order valence-corrected chi connectivity index (χ2v) is 5.15. The third-order valence-electron chi connectivity index (χ3n) is 3.89. The number of ketones is 1. The number of Topliss-reactive ketones (excluding diaryl/α,β-unsaturated/α-hetero) is 1. The lowest BCUT2D eigenvalue weighted by molar-refractivity contribution is 0.0935. The highest BCUT2D eigenvalue weighted by molar-refractivity contribution is 6.03. The van der Waals surface area contributed by atoms with Gasteiger partial charge in [-0.25, -0.2) is 0 Å². The van der Waals surface area contributed by atoms with Crippen molar-refractivity contribution in [1.29, 1.82) is 0 Å². The van der Waals surface area contributed by atoms with Gasteiger partial charge in [-0.2, -0.15) is 0 Å². The van der Waals surface area contributed by atoms with E-state index in [0.717, 1.165) is 23.2 Å². The van der Waals surface area contributed by atoms with Gasteiger partial charge in [-0.1, -0.05) is 6.07 Å². The Morgan fingerprint density at radius 2 is 1.95 bits per heavy atom. The van der Waals surface area contributed by atoms with Crippen LogP contribution in [0.1, 0.15) is 21.6 Å². The van der Waals surface area contributed by atoms with Gasteiger partial charge in [-0.3, -0.25) is 9.78 Å². The summed E-state index contributed by atoms with van der Waals surface area (Å²) in [4.78, 5) is 16.9. The van der Waals surface area contributed by atoms with Crippen LogP contribution in [0.5, 0.6) is 11.5 Å². The second-order valence-electron chi connectivity index (χ2n) is 5.15. The molecule has 1 aromatic carbocycles. The van der Waals surface area contributed by atoms with E-state index in [9.17, 15) is 4.79 Å². The van der Waals surface area contributed by atoms with Crippen molar-refractivity contribution in [2.45, 2.75) is 12.8 Å². The maximum absolute atomic E-state index is 12.5. The molecule has 0 spiro atoms. The first-order valence-corrected chi connectivity index (χ1v) is 6.92. The average Bonchev–Trinajstić information content (AvgIpc) is 2.82. The average molecular weight is 283 g/mol. The first kappa shape index (κ1) is 13.6. The lowest BCUT2D eigenvalue weighted by Gasteiger charge is -2.09. The number of aromatic nitrogens is 1. The van der Waals surface area contributed by atoms with Gasteiger partial charge in [0.05, 0.1) is 14.2 Å². The standard InChI is InChI=1S/C17H17NO3/c1-20-15-9-11-7-12(8-13-5-3-4-6-18-13)17(19)14(11)10-16(15)21-2/h3-6,9-10,12H,7-8H2,1-2H3. The fourth-order valence-corrected chi connectivity index (χ4v) is 2.83. The van der Waals surface area contributed by atoms with Crippen molar-refractivity contribution in [2.24, 2.45) is 5.92 Å². The van der Waals surface area contributed by atoms with E-state index in [2.05, 4.69) is 4.98 Å². The van der Waals surface area contributed by atoms with Gasteiger partial charge in [0.25, 0.3) is 0 Å². The van der Waals surface area contributed by atoms with E-state index in [1.165, 1.54) is 0 Å². The molecule has 2 aromatic rings. The summed E-state index contributed by atoms with van der Waals surface area (Å²) in [6, 6.07) is 9.47. The number of benzene rings is 1. The molecule has 0 fully saturated rings. The van der Waals surface area contributed by atoms with Crippen molar-refractivity contribution in [3.63, 3.8) is 0 Å². The molecule has 0 bridgehead atoms. The topological polar surface area (TPSA) is 48.4 Å². The minimum Gasteiger partial charge on any atom is -0.493 e. The van der Waals surface area contributed by atoms with E-state index < -0.39 is 0 Å². The summed E-state index contributed by atoms with van der Waals surface area (Å²) in [5.74, 6) is 1.38. The molecule has 1 aliphatic rings. The zero-order valence-electron chi connectivity index (χ0n) is 12.1. The number of carbonyl (C=O) groups is 1. The van der Waals surface area contributed by atoms with E-state index in [4.69, 9.17) is 9.47 Å². The summed E-state index contributed by atoms with van der Waals surface area (Å²) in [6.07, 6.45) is 3.15. The first-order valence-electron chi connectivity index (χ1n) is 6.92. The Hall–Kier alpha value is -2.36. The second kappa shape index (κ2) is 5.56. The highest BCUT2D eigenvalue weighted by Gasteiger charge is 2.32. The van der Waals surface area contributed by atoms with Gasteiger partial charge in [0.1, 0.15) is 0 Å². The summed E-state index contributed by atoms with van der Waals surface area (Å²) >= 11 is 0. The van der Waals surface area contributed by atoms with E-state index in [1.54, 1.807) is 26.5 Å². The molecule has 3 rings (SSSR count). The lowest BCUT2D eigenvalue weighted by Crippen LogP contribution is -2.12. The number of rotatable bonds is 4. The SMILES string of the molecule is COc1cc2c(cc1OC)C(=O)C(Cc1ccccn1)C2. The van der Waals surface area contributed by atoms with Crippen molar-refractivity contribution >= 4 is 5.78 Å². The summed E-state index contributed by atoms with van der Waals surface area (Å²) in [5, 5.41) is 0. The van der Waals surface area contributed by atoms with Crippen LogP contribution in [0, 0.1) is 5.92 Å². The monoisotopic (exact) mass is 283 g/mol. The lowest BCUT2D eigenvalue weighted by atomic mass is 9.99. The minimum atomic E-state index is -0.0493. The van der Waals surface area contributed by atoms with Crippen LogP contribution in [0.2, 0.25) is 0 Å². The van der Waals surface area contributed by atoms with E-state index in [0.29, 0.717) is 17.9 Å². The number of hydrogen-bond acceptors (Lipinski definition) is 4. The minimum absolute atomic E-state index is 0.0493. The Labute approximate surface area is 123 Å². The molecule has 0 N–H and O–H groups in total. The summed E-state index contributed by atoms with van der Waals surface area (Å²) in [6.45, 7) is 0. The van der Waals surface area contributed by atoms with Crippen LogP contribution < -0.4 is 9.47 Å². The molecule has 0 radical (unpaired) electrons. The number of hydrogen-bond donors (Lipinski definition) is 0. The van der Waals surface area contributed by atoms with Crippen LogP contribution in [0.3, 0.4) is 0 Å². The van der Waals surface area contributed by atoms with Crippen LogP contribution in [-0.4, -0.2) is 25.0 Å². The van der Waals surface area contributed by atoms with Crippen molar-refractivity contribution in [2.75, 3.05) is 14.2 Å². The molecule has 1 heterocycles. The van der Waals surface area contributed by atoms with Crippen LogP contribution >= 0.6 is 0 Å². The van der Waals surface area contributed by atoms with Crippen molar-refractivity contribution in [1.82, 2.24) is 4.98 Å². The number of nitrogens with zero attached hydrogens (tertiary/aromatic N) is 1. The summed E-state index contributed by atoms with van der Waals surface area (Å²) in [7, 11) is 3.18. The maximum atomic E-state index is 12.5. The fourth-order valence-electron chi connectivity index (χ4n) is 2.83. The molecular weight excluding hydrogens is 266 g/mol. The molecule has 1 unspecified atom stereocenters. The Balaban J connectivity index is 1.88. The number of ether oxygens (including phenoxy) is 2. The van der Waals surface area contributed by atoms with Gasteiger partial charge in [-0.15, -0.1) is 0 Å². The third kappa shape index (κ3) is 2.49. The molecule has 0 saturated heterocycles. The third-order valence-corrected chi connectivity index (χ3v) is 3.89. The van der Waals surface area contributed by atoms with Crippen LogP contribution in [0.25, 0.3) is 0 Å². The van der Waals surface area contributed by atoms with Gasteiger partial charge in [0.15, 0.2) is 17.3 Å². The molecule has 21 heavy (non-hydrogen) atoms. The Kier molecular flexibility index (Phi) is 3.60. The molecule has 1 aliphatic carbocycles. The highest BCUT2D eigenvalue weighted by atomic mass is 16.5. The molecule has 4 nitrogen and oxygen atoms in total. The van der Waals surface area contributed by atoms with Crippen molar-refractivity contribution < 1.29 is 14.3 Å². The Morgan fingerprint density at radius 1 is 1.19 bits per heavy atom. The smallest absolute Gasteiger partial charge is 0.167 e. The normalized spacial score (nSPS) is 16.7. The van der Waals surface area contributed by atoms with E-state index >= 15 is 0 Å². The molecule has 0 amide bonds. The predicted octanol–water partition coefficient (Wildman–Crippen LogP) is 2.70. The molecule has 1 atom stereocenters. The van der Waals surface area contributed by atoms with Gasteiger partial charge < -0.3 is 9.47 Å². The first-order chi connectivity index (χ1) is 10.2. The Bertz CT molecular complexity index is 667. The number of carbonyl (C=O) groups excluding carboxylic acids is 1. The molecule has 1 aromatic heterocycles. The largest absolute Gasteiger partial charge is 0.493 e. The Morgan fingerprint density at radius 3 is 2.62 bits per heavy atom. The van der Waals surface area contributed by atoms with Crippen LogP contribution in [0.4, 0.5) is 0 Å².